The molecule has 31 heavy (non-hydrogen) atoms. The molecule has 1 aliphatic rings. The number of carbonyl (C=O) groups is 2. The first-order chi connectivity index (χ1) is 14.5. The van der Waals surface area contributed by atoms with Gasteiger partial charge >= 0.3 is 5.97 Å². The molecule has 2 N–H and O–H groups in total. The van der Waals surface area contributed by atoms with E-state index in [1.165, 1.54) is 37.0 Å². The van der Waals surface area contributed by atoms with E-state index in [1.54, 1.807) is 46.7 Å². The van der Waals surface area contributed by atoms with Crippen molar-refractivity contribution in [3.05, 3.63) is 29.8 Å². The topological polar surface area (TPSA) is 81.9 Å². The summed E-state index contributed by atoms with van der Waals surface area (Å²) in [5.74, 6) is 1.42. The Labute approximate surface area is 191 Å². The number of nitrogens with zero attached hydrogens (tertiary/aromatic N) is 1. The van der Waals surface area contributed by atoms with Crippen LogP contribution in [0.2, 0.25) is 0 Å². The molecular weight excluding hydrogens is 412 g/mol. The van der Waals surface area contributed by atoms with Crippen molar-refractivity contribution >= 4 is 23.6 Å². The lowest BCUT2D eigenvalue weighted by Crippen LogP contribution is -2.63. The van der Waals surface area contributed by atoms with E-state index < -0.39 is 23.0 Å². The summed E-state index contributed by atoms with van der Waals surface area (Å²) in [4.78, 5) is 27.9. The monoisotopic (exact) mass is 450 g/mol. The molecule has 174 valence electrons. The fraction of sp³-hybridized carbons (Fsp3) is 0.667. The van der Waals surface area contributed by atoms with E-state index in [-0.39, 0.29) is 5.75 Å². The Kier molecular flexibility index (Phi) is 9.25. The lowest BCUT2D eigenvalue weighted by Gasteiger charge is -2.33. The molecule has 6 nitrogen and oxygen atoms in total. The van der Waals surface area contributed by atoms with Crippen molar-refractivity contribution in [1.29, 1.82) is 0 Å². The fourth-order valence-electron chi connectivity index (χ4n) is 3.73. The molecular formula is C24H38N2O4S. The first-order valence-corrected chi connectivity index (χ1v) is 12.2. The molecule has 1 aliphatic carbocycles. The van der Waals surface area contributed by atoms with Crippen molar-refractivity contribution in [2.24, 2.45) is 11.7 Å². The third-order valence-electron chi connectivity index (χ3n) is 5.48. The molecule has 1 saturated carbocycles. The minimum atomic E-state index is -1.71. The van der Waals surface area contributed by atoms with Crippen molar-refractivity contribution in [2.45, 2.75) is 70.6 Å². The van der Waals surface area contributed by atoms with Crippen molar-refractivity contribution in [1.82, 2.24) is 4.90 Å². The Hall–Kier alpha value is -1.73. The molecule has 0 spiro atoms. The first kappa shape index (κ1) is 25.5. The lowest BCUT2D eigenvalue weighted by atomic mass is 9.91. The number of benzene rings is 1. The number of esters is 1. The molecule has 0 unspecified atom stereocenters. The molecule has 1 aromatic carbocycles. The van der Waals surface area contributed by atoms with E-state index in [4.69, 9.17) is 15.2 Å². The van der Waals surface area contributed by atoms with Crippen LogP contribution in [-0.4, -0.2) is 53.6 Å². The number of likely N-dealkylation sites (N-methyl/N-ethyl adjacent to an activating group) is 1. The maximum Gasteiger partial charge on any atom is 0.337 e. The Morgan fingerprint density at radius 3 is 2.29 bits per heavy atom. The third-order valence-corrected chi connectivity index (χ3v) is 6.84. The van der Waals surface area contributed by atoms with Gasteiger partial charge in [-0.25, -0.2) is 4.79 Å². The van der Waals surface area contributed by atoms with E-state index in [2.05, 4.69) is 0 Å². The van der Waals surface area contributed by atoms with Crippen LogP contribution >= 0.6 is 11.8 Å². The lowest BCUT2D eigenvalue weighted by molar-refractivity contribution is -0.165. The number of amides is 1. The van der Waals surface area contributed by atoms with E-state index in [9.17, 15) is 9.59 Å². The summed E-state index contributed by atoms with van der Waals surface area (Å²) in [6.45, 7) is 5.70. The van der Waals surface area contributed by atoms with Gasteiger partial charge in [-0.05, 0) is 63.0 Å². The van der Waals surface area contributed by atoms with Crippen molar-refractivity contribution in [2.75, 3.05) is 25.7 Å². The second-order valence-corrected chi connectivity index (χ2v) is 10.5. The number of carbonyl (C=O) groups excluding carboxylic acids is 2. The molecule has 0 aromatic heterocycles. The highest BCUT2D eigenvalue weighted by Gasteiger charge is 2.46. The molecule has 1 fully saturated rings. The minimum absolute atomic E-state index is 0.212. The zero-order valence-corrected chi connectivity index (χ0v) is 20.4. The molecule has 7 heteroatoms. The normalized spacial score (nSPS) is 17.0. The van der Waals surface area contributed by atoms with E-state index >= 15 is 0 Å². The summed E-state index contributed by atoms with van der Waals surface area (Å²) in [5.41, 5.74) is 5.00. The maximum atomic E-state index is 13.4. The third kappa shape index (κ3) is 7.72. The molecule has 0 bridgehead atoms. The minimum Gasteiger partial charge on any atom is -0.497 e. The fourth-order valence-corrected chi connectivity index (χ4v) is 5.08. The standard InChI is InChI=1S/C24H38N2O4S/c1-23(2,3)30-22(28)24(25,17-31-16-19-9-7-6-8-10-19)21(27)26(4)15-18-11-13-20(29-5)14-12-18/h11-14,19H,6-10,15-17,25H2,1-5H3/t24-/m1/s1. The van der Waals surface area contributed by atoms with Crippen LogP contribution in [0.4, 0.5) is 0 Å². The zero-order chi connectivity index (χ0) is 23.1. The highest BCUT2D eigenvalue weighted by molar-refractivity contribution is 7.99. The van der Waals surface area contributed by atoms with Crippen LogP contribution in [0.25, 0.3) is 0 Å². The number of methoxy groups -OCH3 is 1. The van der Waals surface area contributed by atoms with E-state index in [0.717, 1.165) is 17.1 Å². The van der Waals surface area contributed by atoms with Crippen LogP contribution < -0.4 is 10.5 Å². The van der Waals surface area contributed by atoms with Gasteiger partial charge in [-0.15, -0.1) is 0 Å². The average molecular weight is 451 g/mol. The van der Waals surface area contributed by atoms with Gasteiger partial charge in [-0.3, -0.25) is 4.79 Å². The van der Waals surface area contributed by atoms with E-state index in [1.807, 2.05) is 24.3 Å². The predicted octanol–water partition coefficient (Wildman–Crippen LogP) is 4.01. The van der Waals surface area contributed by atoms with Gasteiger partial charge in [0.25, 0.3) is 5.91 Å². The van der Waals surface area contributed by atoms with Crippen LogP contribution in [0, 0.1) is 5.92 Å². The Morgan fingerprint density at radius 1 is 1.13 bits per heavy atom. The molecule has 1 aromatic rings. The highest BCUT2D eigenvalue weighted by Crippen LogP contribution is 2.29. The second kappa shape index (κ2) is 11.2. The molecule has 2 rings (SSSR count). The van der Waals surface area contributed by atoms with Crippen LogP contribution in [0.1, 0.15) is 58.4 Å². The summed E-state index contributed by atoms with van der Waals surface area (Å²) >= 11 is 1.59. The number of hydrogen-bond acceptors (Lipinski definition) is 6. The molecule has 0 heterocycles. The first-order valence-electron chi connectivity index (χ1n) is 11.0. The summed E-state index contributed by atoms with van der Waals surface area (Å²) < 4.78 is 10.7. The van der Waals surface area contributed by atoms with Gasteiger partial charge in [0.1, 0.15) is 11.4 Å². The van der Waals surface area contributed by atoms with Crippen molar-refractivity contribution in [3.8, 4) is 5.75 Å². The number of thioether (sulfide) groups is 1. The Balaban J connectivity index is 2.10. The number of nitrogens with two attached hydrogens (primary N) is 1. The van der Waals surface area contributed by atoms with Gasteiger partial charge in [-0.2, -0.15) is 11.8 Å². The number of rotatable bonds is 9. The van der Waals surface area contributed by atoms with Crippen molar-refractivity contribution < 1.29 is 19.1 Å². The highest BCUT2D eigenvalue weighted by atomic mass is 32.2. The van der Waals surface area contributed by atoms with Gasteiger partial charge < -0.3 is 20.1 Å². The molecule has 0 aliphatic heterocycles. The van der Waals surface area contributed by atoms with Gasteiger partial charge in [0.2, 0.25) is 5.54 Å². The maximum absolute atomic E-state index is 13.4. The second-order valence-electron chi connectivity index (χ2n) is 9.50. The molecule has 0 radical (unpaired) electrons. The number of hydrogen-bond donors (Lipinski definition) is 1. The smallest absolute Gasteiger partial charge is 0.337 e. The largest absolute Gasteiger partial charge is 0.497 e. The summed E-state index contributed by atoms with van der Waals surface area (Å²) in [5, 5.41) is 0. The van der Waals surface area contributed by atoms with Crippen LogP contribution in [0.5, 0.6) is 5.75 Å². The molecule has 1 amide bonds. The van der Waals surface area contributed by atoms with Gasteiger partial charge in [-0.1, -0.05) is 31.4 Å². The molecule has 0 saturated heterocycles. The van der Waals surface area contributed by atoms with Gasteiger partial charge in [0.05, 0.1) is 7.11 Å². The van der Waals surface area contributed by atoms with Gasteiger partial charge in [0, 0.05) is 19.3 Å². The Bertz CT molecular complexity index is 726. The number of ether oxygens (including phenoxy) is 2. The molecule has 1 atom stereocenters. The zero-order valence-electron chi connectivity index (χ0n) is 19.6. The Morgan fingerprint density at radius 2 is 1.74 bits per heavy atom. The average Bonchev–Trinajstić information content (AvgIpc) is 2.73. The van der Waals surface area contributed by atoms with Gasteiger partial charge in [0.15, 0.2) is 0 Å². The predicted molar refractivity (Wildman–Crippen MR) is 126 cm³/mol. The quantitative estimate of drug-likeness (QED) is 0.452. The summed E-state index contributed by atoms with van der Waals surface area (Å²) in [6, 6.07) is 7.48. The summed E-state index contributed by atoms with van der Waals surface area (Å²) in [6.07, 6.45) is 6.24. The summed E-state index contributed by atoms with van der Waals surface area (Å²) in [7, 11) is 3.28. The van der Waals surface area contributed by atoms with Crippen LogP contribution in [-0.2, 0) is 20.9 Å². The van der Waals surface area contributed by atoms with Crippen LogP contribution in [0.3, 0.4) is 0 Å². The van der Waals surface area contributed by atoms with E-state index in [0.29, 0.717) is 12.5 Å². The van der Waals surface area contributed by atoms with Crippen molar-refractivity contribution in [3.63, 3.8) is 0 Å². The SMILES string of the molecule is COc1ccc(CN(C)C(=O)[C@](N)(CSCC2CCCCC2)C(=O)OC(C)(C)C)cc1. The van der Waals surface area contributed by atoms with Crippen LogP contribution in [0.15, 0.2) is 24.3 Å².